The van der Waals surface area contributed by atoms with Crippen molar-refractivity contribution in [1.82, 2.24) is 0 Å². The van der Waals surface area contributed by atoms with E-state index in [0.717, 1.165) is 28.9 Å². The molecule has 170 valence electrons. The summed E-state index contributed by atoms with van der Waals surface area (Å²) in [7, 11) is -5.13. The molecule has 32 heavy (non-hydrogen) atoms. The van der Waals surface area contributed by atoms with Crippen LogP contribution in [0.2, 0.25) is 0 Å². The molecule has 4 fully saturated rings. The molecule has 0 amide bonds. The monoisotopic (exact) mass is 454 g/mol. The Balaban J connectivity index is 1.41. The molecule has 2 aromatic carbocycles. The van der Waals surface area contributed by atoms with Gasteiger partial charge in [-0.1, -0.05) is 30.3 Å². The third-order valence-electron chi connectivity index (χ3n) is 6.94. The number of phosphoric ester groups is 1. The molecule has 6 rings (SSSR count). The predicted octanol–water partition coefficient (Wildman–Crippen LogP) is 4.16. The normalized spacial score (nSPS) is 26.1. The van der Waals surface area contributed by atoms with E-state index in [0.29, 0.717) is 25.0 Å². The lowest BCUT2D eigenvalue weighted by atomic mass is 9.54. The van der Waals surface area contributed by atoms with Crippen LogP contribution in [0.15, 0.2) is 60.2 Å². The molecule has 0 aliphatic heterocycles. The van der Waals surface area contributed by atoms with Crippen molar-refractivity contribution in [2.45, 2.75) is 32.1 Å². The summed E-state index contributed by atoms with van der Waals surface area (Å²) < 4.78 is 27.9. The highest BCUT2D eigenvalue weighted by molar-refractivity contribution is 7.43. The van der Waals surface area contributed by atoms with Gasteiger partial charge in [0.25, 0.3) is 0 Å². The highest BCUT2D eigenvalue weighted by atomic mass is 31.2. The number of hydrogen-bond acceptors (Lipinski definition) is 6. The van der Waals surface area contributed by atoms with E-state index in [9.17, 15) is 14.4 Å². The fraction of sp³-hybridized carbons (Fsp3) is 0.440. The largest absolute Gasteiger partial charge is 0.780 e. The average Bonchev–Trinajstić information content (AvgIpc) is 2.74. The summed E-state index contributed by atoms with van der Waals surface area (Å²) in [6, 6.07) is 16.3. The van der Waals surface area contributed by atoms with E-state index in [2.05, 4.69) is 4.52 Å². The minimum atomic E-state index is -5.13. The van der Waals surface area contributed by atoms with Crippen molar-refractivity contribution in [3.63, 3.8) is 0 Å². The number of hydrogen-bond donors (Lipinski definition) is 0. The average molecular weight is 454 g/mol. The van der Waals surface area contributed by atoms with Crippen molar-refractivity contribution in [2.24, 2.45) is 23.7 Å². The molecule has 0 saturated heterocycles. The molecule has 4 bridgehead atoms. The number of para-hydroxylation sites is 1. The van der Waals surface area contributed by atoms with Crippen molar-refractivity contribution >= 4 is 13.6 Å². The summed E-state index contributed by atoms with van der Waals surface area (Å²) in [4.78, 5) is 22.2. The summed E-state index contributed by atoms with van der Waals surface area (Å²) >= 11 is 0. The molecule has 0 unspecified atom stereocenters. The lowest BCUT2D eigenvalue weighted by Crippen LogP contribution is -2.41. The van der Waals surface area contributed by atoms with Gasteiger partial charge in [-0.05, 0) is 85.6 Å². The van der Waals surface area contributed by atoms with Gasteiger partial charge in [-0.25, -0.2) is 0 Å². The Morgan fingerprint density at radius 2 is 1.50 bits per heavy atom. The minimum absolute atomic E-state index is 0.0156. The number of benzene rings is 2. The second-order valence-corrected chi connectivity index (χ2v) is 10.2. The molecule has 6 nitrogen and oxygen atoms in total. The lowest BCUT2D eigenvalue weighted by Gasteiger charge is -2.51. The van der Waals surface area contributed by atoms with Gasteiger partial charge >= 0.3 is 0 Å². The molecule has 0 aromatic heterocycles. The first-order valence-corrected chi connectivity index (χ1v) is 12.8. The van der Waals surface area contributed by atoms with Crippen molar-refractivity contribution < 1.29 is 28.3 Å². The topological polar surface area (TPSA) is 90.9 Å². The summed E-state index contributed by atoms with van der Waals surface area (Å²) in [5.41, 5.74) is 2.10. The number of phosphoric acid groups is 1. The van der Waals surface area contributed by atoms with Crippen molar-refractivity contribution in [2.75, 3.05) is 13.2 Å². The van der Waals surface area contributed by atoms with E-state index in [4.69, 9.17) is 9.47 Å². The fourth-order valence-corrected chi connectivity index (χ4v) is 6.41. The number of rotatable bonds is 8. The summed E-state index contributed by atoms with van der Waals surface area (Å²) in [6.07, 6.45) is 6.14. The van der Waals surface area contributed by atoms with Crippen molar-refractivity contribution in [3.8, 4) is 11.5 Å². The van der Waals surface area contributed by atoms with Crippen LogP contribution in [-0.2, 0) is 9.30 Å². The van der Waals surface area contributed by atoms with Crippen molar-refractivity contribution in [3.05, 3.63) is 65.7 Å². The first-order chi connectivity index (χ1) is 15.4. The maximum atomic E-state index is 11.1. The molecule has 4 aliphatic carbocycles. The van der Waals surface area contributed by atoms with Crippen LogP contribution in [0, 0.1) is 23.7 Å². The smallest absolute Gasteiger partial charge is 0.126 e. The Kier molecular flexibility index (Phi) is 6.02. The molecular formula is C25H27O6P-2. The zero-order valence-corrected chi connectivity index (χ0v) is 18.7. The van der Waals surface area contributed by atoms with Gasteiger partial charge in [0.1, 0.15) is 38.3 Å². The molecule has 4 saturated carbocycles. The summed E-state index contributed by atoms with van der Waals surface area (Å²) in [5, 5.41) is 0. The Morgan fingerprint density at radius 3 is 2.16 bits per heavy atom. The lowest BCUT2D eigenvalue weighted by molar-refractivity contribution is -0.333. The van der Waals surface area contributed by atoms with E-state index >= 15 is 0 Å². The highest BCUT2D eigenvalue weighted by Crippen LogP contribution is 2.58. The predicted molar refractivity (Wildman–Crippen MR) is 117 cm³/mol. The molecule has 7 heteroatoms. The van der Waals surface area contributed by atoms with Gasteiger partial charge in [-0.15, -0.1) is 0 Å². The zero-order valence-electron chi connectivity index (χ0n) is 17.9. The first kappa shape index (κ1) is 21.6. The summed E-state index contributed by atoms with van der Waals surface area (Å²) in [5.74, 6) is 4.24. The quantitative estimate of drug-likeness (QED) is 0.338. The second kappa shape index (κ2) is 8.93. The molecule has 0 heterocycles. The molecule has 4 aliphatic rings. The first-order valence-electron chi connectivity index (χ1n) is 11.3. The van der Waals surface area contributed by atoms with Gasteiger partial charge in [0.2, 0.25) is 0 Å². The Hall–Kier alpha value is -2.27. The van der Waals surface area contributed by atoms with E-state index in [1.807, 2.05) is 36.4 Å². The van der Waals surface area contributed by atoms with Crippen LogP contribution in [0.1, 0.15) is 37.7 Å². The van der Waals surface area contributed by atoms with E-state index in [1.54, 1.807) is 12.1 Å². The van der Waals surface area contributed by atoms with Crippen LogP contribution in [0.25, 0.3) is 5.76 Å². The van der Waals surface area contributed by atoms with Crippen LogP contribution in [-0.4, -0.2) is 13.2 Å². The van der Waals surface area contributed by atoms with Gasteiger partial charge in [0.05, 0.1) is 0 Å². The maximum Gasteiger partial charge on any atom is 0.126 e. The van der Waals surface area contributed by atoms with Gasteiger partial charge in [-0.3, -0.25) is 0 Å². The minimum Gasteiger partial charge on any atom is -0.780 e. The molecule has 2 aromatic rings. The molecular weight excluding hydrogens is 427 g/mol. The van der Waals surface area contributed by atoms with Gasteiger partial charge in [0, 0.05) is 5.56 Å². The molecule has 0 spiro atoms. The zero-order chi connectivity index (χ0) is 22.1. The van der Waals surface area contributed by atoms with Crippen LogP contribution in [0.4, 0.5) is 0 Å². The van der Waals surface area contributed by atoms with E-state index in [1.165, 1.54) is 43.7 Å². The van der Waals surface area contributed by atoms with Crippen LogP contribution < -0.4 is 19.0 Å². The molecule has 0 N–H and O–H groups in total. The summed E-state index contributed by atoms with van der Waals surface area (Å²) in [6.45, 7) is 0.764. The van der Waals surface area contributed by atoms with Gasteiger partial charge in [0.15, 0.2) is 0 Å². The maximum absolute atomic E-state index is 11.1. The van der Waals surface area contributed by atoms with E-state index in [-0.39, 0.29) is 5.75 Å². The van der Waals surface area contributed by atoms with Crippen molar-refractivity contribution in [1.29, 1.82) is 0 Å². The van der Waals surface area contributed by atoms with Gasteiger partial charge in [-0.2, -0.15) is 0 Å². The van der Waals surface area contributed by atoms with Crippen LogP contribution in [0.3, 0.4) is 0 Å². The Labute approximate surface area is 188 Å². The second-order valence-electron chi connectivity index (χ2n) is 9.17. The standard InChI is InChI=1S/C25H29O6P/c26-32(27,28)31-23-8-4-5-19(16-23)25(30-10-9-29-22-6-2-1-3-7-22)24-20-12-17-11-18(14-20)15-21(24)13-17/h1-8,16-18,20-21H,9-15H2,(H2,26,27,28)/p-2. The van der Waals surface area contributed by atoms with Crippen LogP contribution >= 0.6 is 7.82 Å². The SMILES string of the molecule is O=P([O-])([O-])Oc1cccc(C(OCCOc2ccccc2)=C2C3CC4CC(C3)CC2C4)c1. The van der Waals surface area contributed by atoms with Gasteiger partial charge < -0.3 is 28.3 Å². The molecule has 0 atom stereocenters. The Morgan fingerprint density at radius 1 is 0.844 bits per heavy atom. The fourth-order valence-electron chi connectivity index (χ4n) is 6.04. The van der Waals surface area contributed by atoms with E-state index < -0.39 is 7.82 Å². The molecule has 0 radical (unpaired) electrons. The third-order valence-corrected chi connectivity index (χ3v) is 7.37. The highest BCUT2D eigenvalue weighted by Gasteiger charge is 2.46. The number of ether oxygens (including phenoxy) is 2. The number of allylic oxidation sites excluding steroid dienone is 1. The third kappa shape index (κ3) is 4.88. The Bertz CT molecular complexity index is 998. The van der Waals surface area contributed by atoms with Crippen LogP contribution in [0.5, 0.6) is 11.5 Å².